The molecule has 0 heterocycles. The average molecular weight is 361 g/mol. The minimum atomic E-state index is -1.11. The smallest absolute Gasteiger partial charge is 0.337 e. The van der Waals surface area contributed by atoms with E-state index in [0.717, 1.165) is 5.56 Å². The van der Waals surface area contributed by atoms with Crippen molar-refractivity contribution in [3.05, 3.63) is 63.7 Å². The van der Waals surface area contributed by atoms with Crippen LogP contribution < -0.4 is 4.74 Å². The molecule has 5 heteroatoms. The monoisotopic (exact) mass is 360 g/mol. The first-order chi connectivity index (χ1) is 11.8. The second-order valence-corrected chi connectivity index (χ2v) is 6.70. The number of rotatable bonds is 7. The predicted molar refractivity (Wildman–Crippen MR) is 97.9 cm³/mol. The number of Topliss-reactive ketones (excluding diaryl/α,β-unsaturated/α-hetero) is 1. The van der Waals surface area contributed by atoms with Crippen LogP contribution >= 0.6 is 11.6 Å². The SMILES string of the molecule is Cc1cc(OCC(=O)Cc2ccc(Cl)c(C(=O)O)c2)ccc1C(C)C. The Balaban J connectivity index is 1.98. The summed E-state index contributed by atoms with van der Waals surface area (Å²) in [5, 5.41) is 9.22. The van der Waals surface area contributed by atoms with Gasteiger partial charge in [0.15, 0.2) is 5.78 Å². The lowest BCUT2D eigenvalue weighted by atomic mass is 9.98. The Labute approximate surface area is 152 Å². The van der Waals surface area contributed by atoms with Gasteiger partial charge >= 0.3 is 5.97 Å². The van der Waals surface area contributed by atoms with Crippen molar-refractivity contribution in [2.75, 3.05) is 6.61 Å². The van der Waals surface area contributed by atoms with E-state index >= 15 is 0 Å². The van der Waals surface area contributed by atoms with E-state index in [9.17, 15) is 9.59 Å². The summed E-state index contributed by atoms with van der Waals surface area (Å²) in [7, 11) is 0. The first-order valence-corrected chi connectivity index (χ1v) is 8.42. The van der Waals surface area contributed by atoms with Gasteiger partial charge in [-0.25, -0.2) is 4.79 Å². The number of aryl methyl sites for hydroxylation is 1. The van der Waals surface area contributed by atoms with Gasteiger partial charge in [0.05, 0.1) is 10.6 Å². The Morgan fingerprint density at radius 3 is 2.48 bits per heavy atom. The van der Waals surface area contributed by atoms with Gasteiger partial charge in [0.25, 0.3) is 0 Å². The highest BCUT2D eigenvalue weighted by Crippen LogP contribution is 2.23. The summed E-state index contributed by atoms with van der Waals surface area (Å²) in [6.45, 7) is 6.21. The van der Waals surface area contributed by atoms with E-state index in [4.69, 9.17) is 21.4 Å². The molecule has 0 amide bonds. The summed E-state index contributed by atoms with van der Waals surface area (Å²) in [4.78, 5) is 23.2. The van der Waals surface area contributed by atoms with Gasteiger partial charge in [0, 0.05) is 6.42 Å². The molecule has 0 bridgehead atoms. The van der Waals surface area contributed by atoms with Crippen LogP contribution in [0, 0.1) is 6.92 Å². The number of benzene rings is 2. The number of ether oxygens (including phenoxy) is 1. The van der Waals surface area contributed by atoms with Gasteiger partial charge in [0.1, 0.15) is 12.4 Å². The highest BCUT2D eigenvalue weighted by Gasteiger charge is 2.12. The molecule has 1 N–H and O–H groups in total. The Morgan fingerprint density at radius 2 is 1.88 bits per heavy atom. The van der Waals surface area contributed by atoms with E-state index in [2.05, 4.69) is 13.8 Å². The lowest BCUT2D eigenvalue weighted by molar-refractivity contribution is -0.120. The molecule has 132 valence electrons. The van der Waals surface area contributed by atoms with Crippen LogP contribution in [0.3, 0.4) is 0 Å². The van der Waals surface area contributed by atoms with Crippen molar-refractivity contribution in [3.63, 3.8) is 0 Å². The van der Waals surface area contributed by atoms with Crippen LogP contribution in [-0.2, 0) is 11.2 Å². The van der Waals surface area contributed by atoms with E-state index in [0.29, 0.717) is 17.2 Å². The number of ketones is 1. The molecule has 0 aromatic heterocycles. The van der Waals surface area contributed by atoms with Crippen molar-refractivity contribution >= 4 is 23.4 Å². The van der Waals surface area contributed by atoms with Crippen molar-refractivity contribution in [1.82, 2.24) is 0 Å². The van der Waals surface area contributed by atoms with Crippen molar-refractivity contribution in [1.29, 1.82) is 0 Å². The molecule has 0 radical (unpaired) electrons. The topological polar surface area (TPSA) is 63.6 Å². The largest absolute Gasteiger partial charge is 0.486 e. The second kappa shape index (κ2) is 8.17. The Hall–Kier alpha value is -2.33. The van der Waals surface area contributed by atoms with Crippen LogP contribution in [0.5, 0.6) is 5.75 Å². The molecule has 0 aliphatic carbocycles. The quantitative estimate of drug-likeness (QED) is 0.779. The maximum atomic E-state index is 12.1. The van der Waals surface area contributed by atoms with Crippen LogP contribution in [0.25, 0.3) is 0 Å². The molecule has 2 rings (SSSR count). The van der Waals surface area contributed by atoms with E-state index in [-0.39, 0.29) is 29.4 Å². The molecule has 4 nitrogen and oxygen atoms in total. The number of carbonyl (C=O) groups is 2. The van der Waals surface area contributed by atoms with Crippen LogP contribution in [0.15, 0.2) is 36.4 Å². The molecule has 2 aromatic carbocycles. The molecule has 0 unspecified atom stereocenters. The normalized spacial score (nSPS) is 10.8. The van der Waals surface area contributed by atoms with Gasteiger partial charge < -0.3 is 9.84 Å². The van der Waals surface area contributed by atoms with E-state index in [1.165, 1.54) is 17.7 Å². The summed E-state index contributed by atoms with van der Waals surface area (Å²) in [5.41, 5.74) is 2.97. The lowest BCUT2D eigenvalue weighted by Gasteiger charge is -2.12. The Morgan fingerprint density at radius 1 is 1.16 bits per heavy atom. The fourth-order valence-corrected chi connectivity index (χ4v) is 2.87. The van der Waals surface area contributed by atoms with Crippen molar-refractivity contribution in [2.24, 2.45) is 0 Å². The molecule has 0 spiro atoms. The number of halogens is 1. The molecule has 0 saturated carbocycles. The highest BCUT2D eigenvalue weighted by molar-refractivity contribution is 6.33. The fraction of sp³-hybridized carbons (Fsp3) is 0.300. The van der Waals surface area contributed by atoms with Gasteiger partial charge in [-0.1, -0.05) is 37.6 Å². The minimum Gasteiger partial charge on any atom is -0.486 e. The molecule has 2 aromatic rings. The van der Waals surface area contributed by atoms with Gasteiger partial charge in [-0.05, 0) is 53.8 Å². The number of carbonyl (C=O) groups excluding carboxylic acids is 1. The average Bonchev–Trinajstić information content (AvgIpc) is 2.54. The zero-order chi connectivity index (χ0) is 18.6. The van der Waals surface area contributed by atoms with E-state index in [1.54, 1.807) is 6.07 Å². The molecular weight excluding hydrogens is 340 g/mol. The van der Waals surface area contributed by atoms with Crippen LogP contribution in [0.1, 0.15) is 46.8 Å². The van der Waals surface area contributed by atoms with Gasteiger partial charge in [-0.15, -0.1) is 0 Å². The standard InChI is InChI=1S/C20H21ClO4/c1-12(2)17-6-5-16(8-13(17)3)25-11-15(22)9-14-4-7-19(21)18(10-14)20(23)24/h4-8,10,12H,9,11H2,1-3H3,(H,23,24). The van der Waals surface area contributed by atoms with Crippen molar-refractivity contribution < 1.29 is 19.4 Å². The van der Waals surface area contributed by atoms with Gasteiger partial charge in [-0.2, -0.15) is 0 Å². The number of hydrogen-bond acceptors (Lipinski definition) is 3. The molecule has 0 aliphatic heterocycles. The van der Waals surface area contributed by atoms with Crippen LogP contribution in [0.4, 0.5) is 0 Å². The number of carboxylic acid groups (broad SMARTS) is 1. The molecule has 0 atom stereocenters. The predicted octanol–water partition coefficient (Wildman–Crippen LogP) is 4.66. The summed E-state index contributed by atoms with van der Waals surface area (Å²) in [6, 6.07) is 10.4. The molecular formula is C20H21ClO4. The summed E-state index contributed by atoms with van der Waals surface area (Å²) in [6.07, 6.45) is 0.0977. The number of aromatic carboxylic acids is 1. The summed E-state index contributed by atoms with van der Waals surface area (Å²) < 4.78 is 5.57. The highest BCUT2D eigenvalue weighted by atomic mass is 35.5. The Bertz CT molecular complexity index is 796. The first-order valence-electron chi connectivity index (χ1n) is 8.04. The van der Waals surface area contributed by atoms with Gasteiger partial charge in [-0.3, -0.25) is 4.79 Å². The molecule has 0 fully saturated rings. The summed E-state index contributed by atoms with van der Waals surface area (Å²) in [5.74, 6) is -0.165. The molecule has 0 aliphatic rings. The third kappa shape index (κ3) is 5.07. The zero-order valence-corrected chi connectivity index (χ0v) is 15.3. The van der Waals surface area contributed by atoms with E-state index < -0.39 is 5.97 Å². The summed E-state index contributed by atoms with van der Waals surface area (Å²) >= 11 is 5.83. The van der Waals surface area contributed by atoms with Crippen LogP contribution in [-0.4, -0.2) is 23.5 Å². The third-order valence-electron chi connectivity index (χ3n) is 3.93. The van der Waals surface area contributed by atoms with Crippen LogP contribution in [0.2, 0.25) is 5.02 Å². The minimum absolute atomic E-state index is 0.00668. The maximum absolute atomic E-state index is 12.1. The third-order valence-corrected chi connectivity index (χ3v) is 4.26. The Kier molecular flexibility index (Phi) is 6.21. The second-order valence-electron chi connectivity index (χ2n) is 6.30. The zero-order valence-electron chi connectivity index (χ0n) is 14.5. The van der Waals surface area contributed by atoms with Gasteiger partial charge in [0.2, 0.25) is 0 Å². The van der Waals surface area contributed by atoms with Crippen molar-refractivity contribution in [2.45, 2.75) is 33.1 Å². The fourth-order valence-electron chi connectivity index (χ4n) is 2.67. The first kappa shape index (κ1) is 19.0. The molecule has 25 heavy (non-hydrogen) atoms. The maximum Gasteiger partial charge on any atom is 0.337 e. The number of carboxylic acids is 1. The van der Waals surface area contributed by atoms with E-state index in [1.807, 2.05) is 25.1 Å². The molecule has 0 saturated heterocycles. The lowest BCUT2D eigenvalue weighted by Crippen LogP contribution is -2.14. The number of hydrogen-bond donors (Lipinski definition) is 1. The van der Waals surface area contributed by atoms with Crippen molar-refractivity contribution in [3.8, 4) is 5.75 Å².